The van der Waals surface area contributed by atoms with Crippen molar-refractivity contribution < 1.29 is 33.7 Å². The van der Waals surface area contributed by atoms with Crippen LogP contribution < -0.4 is 14.4 Å². The third-order valence-electron chi connectivity index (χ3n) is 5.98. The first-order chi connectivity index (χ1) is 17.3. The summed E-state index contributed by atoms with van der Waals surface area (Å²) < 4.78 is 16.4. The molecule has 1 aromatic heterocycles. The topological polar surface area (TPSA) is 109 Å². The third kappa shape index (κ3) is 3.81. The lowest BCUT2D eigenvalue weighted by Crippen LogP contribution is -2.31. The predicted molar refractivity (Wildman–Crippen MR) is 133 cm³/mol. The van der Waals surface area contributed by atoms with Gasteiger partial charge in [0.05, 0.1) is 25.8 Å². The number of ether oxygens (including phenoxy) is 2. The Hall–Kier alpha value is -4.43. The molecule has 0 aliphatic carbocycles. The van der Waals surface area contributed by atoms with E-state index in [-0.39, 0.29) is 17.1 Å². The van der Waals surface area contributed by atoms with Gasteiger partial charge in [-0.3, -0.25) is 14.5 Å². The zero-order valence-electron chi connectivity index (χ0n) is 19.2. The average Bonchev–Trinajstić information content (AvgIpc) is 3.42. The van der Waals surface area contributed by atoms with Crippen molar-refractivity contribution in [1.82, 2.24) is 0 Å². The minimum atomic E-state index is -1.00. The highest BCUT2D eigenvalue weighted by molar-refractivity contribution is 6.31. The number of fused-ring (bicyclic) bond motifs is 1. The molecule has 0 radical (unpaired) electrons. The van der Waals surface area contributed by atoms with Crippen LogP contribution in [-0.4, -0.2) is 36.1 Å². The molecule has 1 aliphatic rings. The molecule has 182 valence electrons. The molecule has 36 heavy (non-hydrogen) atoms. The first kappa shape index (κ1) is 23.3. The summed E-state index contributed by atoms with van der Waals surface area (Å²) in [6.45, 7) is 0. The standard InChI is InChI=1S/C27H20ClNO7/c1-34-19-5-3-4-17(13-19)29-23(14-6-8-18(30)9-7-14)22(25(32)27(29)33)24(31)20-11-15-10-16(28)12-21(35-2)26(15)36-20/h3-13,23,30,32H,1-2H3. The van der Waals surface area contributed by atoms with Crippen molar-refractivity contribution in [2.75, 3.05) is 19.1 Å². The maximum atomic E-state index is 13.8. The van der Waals surface area contributed by atoms with Crippen molar-refractivity contribution in [3.63, 3.8) is 0 Å². The lowest BCUT2D eigenvalue weighted by molar-refractivity contribution is -0.117. The Balaban J connectivity index is 1.66. The van der Waals surface area contributed by atoms with Crippen LogP contribution in [-0.2, 0) is 4.79 Å². The largest absolute Gasteiger partial charge is 0.508 e. The van der Waals surface area contributed by atoms with Crippen LogP contribution in [0.25, 0.3) is 11.0 Å². The summed E-state index contributed by atoms with van der Waals surface area (Å²) in [6, 6.07) is 16.4. The molecule has 9 heteroatoms. The van der Waals surface area contributed by atoms with Gasteiger partial charge in [-0.1, -0.05) is 29.8 Å². The molecule has 2 heterocycles. The summed E-state index contributed by atoms with van der Waals surface area (Å²) in [7, 11) is 2.95. The van der Waals surface area contributed by atoms with E-state index in [0.717, 1.165) is 0 Å². The van der Waals surface area contributed by atoms with Crippen LogP contribution in [0, 0.1) is 0 Å². The predicted octanol–water partition coefficient (Wildman–Crippen LogP) is 5.59. The molecule has 0 spiro atoms. The number of amides is 1. The Kier molecular flexibility index (Phi) is 5.81. The molecule has 0 bridgehead atoms. The summed E-state index contributed by atoms with van der Waals surface area (Å²) in [4.78, 5) is 28.4. The number of hydrogen-bond acceptors (Lipinski definition) is 7. The second-order valence-electron chi connectivity index (χ2n) is 8.10. The van der Waals surface area contributed by atoms with Gasteiger partial charge >= 0.3 is 0 Å². The Morgan fingerprint density at radius 3 is 2.44 bits per heavy atom. The number of halogens is 1. The molecule has 0 fully saturated rings. The summed E-state index contributed by atoms with van der Waals surface area (Å²) in [5.74, 6) is -1.41. The second-order valence-corrected chi connectivity index (χ2v) is 8.54. The van der Waals surface area contributed by atoms with Gasteiger partial charge in [-0.2, -0.15) is 0 Å². The number of rotatable bonds is 6. The highest BCUT2D eigenvalue weighted by Gasteiger charge is 2.45. The van der Waals surface area contributed by atoms with E-state index in [1.54, 1.807) is 48.5 Å². The van der Waals surface area contributed by atoms with Crippen LogP contribution in [0.4, 0.5) is 5.69 Å². The number of aliphatic hydroxyl groups excluding tert-OH is 1. The number of furan rings is 1. The number of carbonyl (C=O) groups excluding carboxylic acids is 2. The Bertz CT molecular complexity index is 1540. The van der Waals surface area contributed by atoms with Gasteiger partial charge in [0.15, 0.2) is 22.9 Å². The SMILES string of the molecule is COc1cccc(N2C(=O)C(O)=C(C(=O)c3cc4cc(Cl)cc(OC)c4o3)C2c2ccc(O)cc2)c1. The number of aliphatic hydroxyl groups is 1. The molecular formula is C27H20ClNO7. The van der Waals surface area contributed by atoms with E-state index in [4.69, 9.17) is 25.5 Å². The smallest absolute Gasteiger partial charge is 0.294 e. The number of ketones is 1. The van der Waals surface area contributed by atoms with Gasteiger partial charge in [-0.25, -0.2) is 0 Å². The van der Waals surface area contributed by atoms with Gasteiger partial charge in [-0.15, -0.1) is 0 Å². The molecule has 1 aliphatic heterocycles. The van der Waals surface area contributed by atoms with E-state index in [9.17, 15) is 19.8 Å². The number of aromatic hydroxyl groups is 1. The minimum absolute atomic E-state index is 0.0124. The van der Waals surface area contributed by atoms with Gasteiger partial charge < -0.3 is 24.1 Å². The zero-order chi connectivity index (χ0) is 25.6. The number of phenolic OH excluding ortho intramolecular Hbond substituents is 1. The quantitative estimate of drug-likeness (QED) is 0.328. The molecule has 2 N–H and O–H groups in total. The van der Waals surface area contributed by atoms with Crippen molar-refractivity contribution in [2.24, 2.45) is 0 Å². The normalized spacial score (nSPS) is 15.6. The number of nitrogens with zero attached hydrogens (tertiary/aromatic N) is 1. The van der Waals surface area contributed by atoms with Gasteiger partial charge in [0.2, 0.25) is 5.78 Å². The van der Waals surface area contributed by atoms with E-state index >= 15 is 0 Å². The lowest BCUT2D eigenvalue weighted by Gasteiger charge is -2.27. The number of methoxy groups -OCH3 is 2. The molecule has 1 atom stereocenters. The van der Waals surface area contributed by atoms with Crippen molar-refractivity contribution >= 4 is 39.9 Å². The van der Waals surface area contributed by atoms with Crippen molar-refractivity contribution in [2.45, 2.75) is 6.04 Å². The first-order valence-corrected chi connectivity index (χ1v) is 11.2. The van der Waals surface area contributed by atoms with E-state index in [0.29, 0.717) is 38.7 Å². The number of phenols is 1. The van der Waals surface area contributed by atoms with Crippen LogP contribution in [0.2, 0.25) is 5.02 Å². The number of anilines is 1. The number of Topliss-reactive ketones (excluding diaryl/α,β-unsaturated/α-hetero) is 1. The average molecular weight is 506 g/mol. The van der Waals surface area contributed by atoms with Gasteiger partial charge in [0, 0.05) is 28.2 Å². The monoisotopic (exact) mass is 505 g/mol. The van der Waals surface area contributed by atoms with E-state index in [1.807, 2.05) is 0 Å². The number of carbonyl (C=O) groups is 2. The zero-order valence-corrected chi connectivity index (χ0v) is 19.9. The van der Waals surface area contributed by atoms with Crippen molar-refractivity contribution in [3.05, 3.63) is 94.4 Å². The lowest BCUT2D eigenvalue weighted by atomic mass is 9.94. The molecule has 0 saturated carbocycles. The van der Waals surface area contributed by atoms with Crippen molar-refractivity contribution in [3.8, 4) is 17.2 Å². The van der Waals surface area contributed by atoms with Crippen LogP contribution in [0.1, 0.15) is 22.2 Å². The number of benzene rings is 3. The molecule has 1 amide bonds. The molecule has 3 aromatic carbocycles. The van der Waals surface area contributed by atoms with E-state index in [2.05, 4.69) is 0 Å². The van der Waals surface area contributed by atoms with Crippen LogP contribution in [0.5, 0.6) is 17.2 Å². The van der Waals surface area contributed by atoms with E-state index < -0.39 is 23.5 Å². The highest BCUT2D eigenvalue weighted by Crippen LogP contribution is 2.43. The maximum absolute atomic E-state index is 13.8. The molecule has 1 unspecified atom stereocenters. The summed E-state index contributed by atoms with van der Waals surface area (Å²) >= 11 is 6.15. The van der Waals surface area contributed by atoms with Crippen LogP contribution in [0.3, 0.4) is 0 Å². The Labute approximate surface area is 210 Å². The van der Waals surface area contributed by atoms with Crippen LogP contribution in [0.15, 0.2) is 82.5 Å². The Morgan fingerprint density at radius 1 is 1.00 bits per heavy atom. The fraction of sp³-hybridized carbons (Fsp3) is 0.111. The highest BCUT2D eigenvalue weighted by atomic mass is 35.5. The van der Waals surface area contributed by atoms with Gasteiger partial charge in [0.1, 0.15) is 11.5 Å². The summed E-state index contributed by atoms with van der Waals surface area (Å²) in [5, 5.41) is 21.7. The Morgan fingerprint density at radius 2 is 1.75 bits per heavy atom. The summed E-state index contributed by atoms with van der Waals surface area (Å²) in [6.07, 6.45) is 0. The van der Waals surface area contributed by atoms with Gasteiger partial charge in [0.25, 0.3) is 5.91 Å². The molecule has 8 nitrogen and oxygen atoms in total. The second kappa shape index (κ2) is 8.98. The van der Waals surface area contributed by atoms with E-state index in [1.165, 1.54) is 37.3 Å². The summed E-state index contributed by atoms with van der Waals surface area (Å²) in [5.41, 5.74) is 1.04. The van der Waals surface area contributed by atoms with Crippen molar-refractivity contribution in [1.29, 1.82) is 0 Å². The maximum Gasteiger partial charge on any atom is 0.294 e. The minimum Gasteiger partial charge on any atom is -0.508 e. The molecule has 5 rings (SSSR count). The first-order valence-electron chi connectivity index (χ1n) is 10.8. The number of hydrogen-bond donors (Lipinski definition) is 2. The third-order valence-corrected chi connectivity index (χ3v) is 6.20. The molecule has 0 saturated heterocycles. The van der Waals surface area contributed by atoms with Crippen LogP contribution >= 0.6 is 11.6 Å². The van der Waals surface area contributed by atoms with Gasteiger partial charge in [-0.05, 0) is 42.0 Å². The molecule has 4 aromatic rings. The fourth-order valence-corrected chi connectivity index (χ4v) is 4.53. The fourth-order valence-electron chi connectivity index (χ4n) is 4.32. The molecular weight excluding hydrogens is 486 g/mol.